The van der Waals surface area contributed by atoms with Crippen molar-refractivity contribution < 1.29 is 14.3 Å². The summed E-state index contributed by atoms with van der Waals surface area (Å²) in [5.74, 6) is 1.04. The number of hydrogen-bond donors (Lipinski definition) is 0. The zero-order valence-corrected chi connectivity index (χ0v) is 15.4. The molecular weight excluding hydrogens is 328 g/mol. The van der Waals surface area contributed by atoms with Crippen molar-refractivity contribution in [2.75, 3.05) is 19.7 Å². The maximum atomic E-state index is 12.8. The number of carbonyl (C=O) groups excluding carboxylic acids is 1. The van der Waals surface area contributed by atoms with Gasteiger partial charge in [0.15, 0.2) is 0 Å². The highest BCUT2D eigenvalue weighted by Gasteiger charge is 2.45. The maximum Gasteiger partial charge on any atom is 0.226 e. The van der Waals surface area contributed by atoms with E-state index in [1.165, 1.54) is 18.4 Å². The molecule has 2 saturated heterocycles. The minimum absolute atomic E-state index is 0.0373. The summed E-state index contributed by atoms with van der Waals surface area (Å²) in [5.41, 5.74) is 1.09. The number of amides is 1. The van der Waals surface area contributed by atoms with Crippen molar-refractivity contribution in [2.24, 2.45) is 0 Å². The van der Waals surface area contributed by atoms with Crippen LogP contribution in [0.4, 0.5) is 0 Å². The topological polar surface area (TPSA) is 51.7 Å². The summed E-state index contributed by atoms with van der Waals surface area (Å²) in [6, 6.07) is 3.80. The van der Waals surface area contributed by atoms with E-state index < -0.39 is 0 Å². The Labute approximate surface area is 155 Å². The van der Waals surface area contributed by atoms with Gasteiger partial charge in [-0.15, -0.1) is 0 Å². The van der Waals surface area contributed by atoms with E-state index in [2.05, 4.69) is 11.1 Å². The number of carbonyl (C=O) groups is 1. The normalized spacial score (nSPS) is 28.8. The lowest BCUT2D eigenvalue weighted by molar-refractivity contribution is -0.138. The molecule has 3 aliphatic rings. The monoisotopic (exact) mass is 356 g/mol. The molecule has 5 nitrogen and oxygen atoms in total. The number of nitrogens with zero attached hydrogens (tertiary/aromatic N) is 2. The third kappa shape index (κ3) is 4.09. The van der Waals surface area contributed by atoms with E-state index >= 15 is 0 Å². The minimum Gasteiger partial charge on any atom is -0.486 e. The summed E-state index contributed by atoms with van der Waals surface area (Å²) < 4.78 is 12.2. The highest BCUT2D eigenvalue weighted by Crippen LogP contribution is 2.36. The van der Waals surface area contributed by atoms with Gasteiger partial charge in [-0.2, -0.15) is 0 Å². The van der Waals surface area contributed by atoms with Gasteiger partial charge in [0.2, 0.25) is 5.91 Å². The highest BCUT2D eigenvalue weighted by atomic mass is 16.6. The van der Waals surface area contributed by atoms with Gasteiger partial charge < -0.3 is 14.4 Å². The molecule has 2 fully saturated rings. The van der Waals surface area contributed by atoms with Crippen LogP contribution in [0.15, 0.2) is 36.2 Å². The third-order valence-corrected chi connectivity index (χ3v) is 5.77. The summed E-state index contributed by atoms with van der Waals surface area (Å²) >= 11 is 0. The molecule has 0 aromatic carbocycles. The summed E-state index contributed by atoms with van der Waals surface area (Å²) in [6.07, 6.45) is 13.9. The zero-order valence-electron chi connectivity index (χ0n) is 15.4. The van der Waals surface area contributed by atoms with E-state index in [1.807, 2.05) is 17.0 Å². The Morgan fingerprint density at radius 2 is 2.35 bits per heavy atom. The summed E-state index contributed by atoms with van der Waals surface area (Å²) in [4.78, 5) is 18.9. The predicted octanol–water partition coefficient (Wildman–Crippen LogP) is 3.50. The van der Waals surface area contributed by atoms with Gasteiger partial charge in [0.05, 0.1) is 18.4 Å². The molecule has 4 rings (SSSR count). The van der Waals surface area contributed by atoms with Crippen LogP contribution < -0.4 is 4.74 Å². The zero-order chi connectivity index (χ0) is 17.8. The van der Waals surface area contributed by atoms with Crippen LogP contribution in [-0.4, -0.2) is 47.2 Å². The Morgan fingerprint density at radius 1 is 1.38 bits per heavy atom. The van der Waals surface area contributed by atoms with Crippen molar-refractivity contribution in [1.29, 1.82) is 0 Å². The standard InChI is InChI=1S/C21H28N2O3/c24-20(12-17-6-2-1-3-7-17)23-11-5-9-21(16-23)13-19(15-25-21)26-18-8-4-10-22-14-18/h4,6,8,10,14,19H,1-3,5,7,9,11-13,15-16H2/t19-,21+/m1/s1. The van der Waals surface area contributed by atoms with Crippen LogP contribution in [0.3, 0.4) is 0 Å². The predicted molar refractivity (Wildman–Crippen MR) is 98.9 cm³/mol. The lowest BCUT2D eigenvalue weighted by atomic mass is 9.88. The number of ether oxygens (including phenoxy) is 2. The molecule has 1 aliphatic carbocycles. The molecule has 2 aliphatic heterocycles. The van der Waals surface area contributed by atoms with E-state index in [9.17, 15) is 4.79 Å². The van der Waals surface area contributed by atoms with E-state index in [4.69, 9.17) is 9.47 Å². The molecule has 0 unspecified atom stereocenters. The van der Waals surface area contributed by atoms with E-state index in [1.54, 1.807) is 12.4 Å². The molecule has 0 N–H and O–H groups in total. The van der Waals surface area contributed by atoms with E-state index in [-0.39, 0.29) is 17.6 Å². The smallest absolute Gasteiger partial charge is 0.226 e. The third-order valence-electron chi connectivity index (χ3n) is 5.77. The number of allylic oxidation sites excluding steroid dienone is 1. The second-order valence-corrected chi connectivity index (χ2v) is 7.83. The van der Waals surface area contributed by atoms with Crippen LogP contribution >= 0.6 is 0 Å². The van der Waals surface area contributed by atoms with Crippen molar-refractivity contribution in [3.63, 3.8) is 0 Å². The minimum atomic E-state index is -0.234. The second kappa shape index (κ2) is 7.78. The first kappa shape index (κ1) is 17.5. The number of likely N-dealkylation sites (tertiary alicyclic amines) is 1. The molecule has 0 radical (unpaired) electrons. The van der Waals surface area contributed by atoms with Crippen LogP contribution in [0.25, 0.3) is 0 Å². The van der Waals surface area contributed by atoms with Crippen molar-refractivity contribution in [1.82, 2.24) is 9.88 Å². The molecule has 3 heterocycles. The second-order valence-electron chi connectivity index (χ2n) is 7.83. The van der Waals surface area contributed by atoms with Crippen molar-refractivity contribution in [3.05, 3.63) is 36.2 Å². The lowest BCUT2D eigenvalue weighted by Gasteiger charge is -2.39. The molecule has 1 spiro atoms. The molecule has 1 aromatic heterocycles. The Balaban J connectivity index is 1.34. The van der Waals surface area contributed by atoms with Crippen LogP contribution in [0.1, 0.15) is 51.4 Å². The number of rotatable bonds is 4. The highest BCUT2D eigenvalue weighted by molar-refractivity contribution is 5.79. The molecule has 1 aromatic rings. The molecule has 5 heteroatoms. The number of pyridine rings is 1. The first-order chi connectivity index (χ1) is 12.7. The Hall–Kier alpha value is -1.88. The Bertz CT molecular complexity index is 660. The SMILES string of the molecule is O=C(CC1=CCCCC1)N1CCC[C@]2(C[C@@H](Oc3cccnc3)CO2)C1. The van der Waals surface area contributed by atoms with Crippen molar-refractivity contribution in [2.45, 2.75) is 63.1 Å². The van der Waals surface area contributed by atoms with Gasteiger partial charge in [-0.05, 0) is 50.7 Å². The van der Waals surface area contributed by atoms with Crippen molar-refractivity contribution >= 4 is 5.91 Å². The number of aromatic nitrogens is 1. The van der Waals surface area contributed by atoms with Gasteiger partial charge in [0.25, 0.3) is 0 Å². The largest absolute Gasteiger partial charge is 0.486 e. The van der Waals surface area contributed by atoms with Gasteiger partial charge in [-0.3, -0.25) is 9.78 Å². The molecule has 26 heavy (non-hydrogen) atoms. The maximum absolute atomic E-state index is 12.8. The van der Waals surface area contributed by atoms with Crippen LogP contribution in [0.5, 0.6) is 5.75 Å². The average Bonchev–Trinajstić information content (AvgIpc) is 3.05. The number of hydrogen-bond acceptors (Lipinski definition) is 4. The summed E-state index contributed by atoms with van der Waals surface area (Å²) in [5, 5.41) is 0. The van der Waals surface area contributed by atoms with E-state index in [0.717, 1.165) is 44.4 Å². The summed E-state index contributed by atoms with van der Waals surface area (Å²) in [6.45, 7) is 2.14. The van der Waals surface area contributed by atoms with Crippen LogP contribution in [-0.2, 0) is 9.53 Å². The Morgan fingerprint density at radius 3 is 3.15 bits per heavy atom. The first-order valence-corrected chi connectivity index (χ1v) is 9.89. The van der Waals surface area contributed by atoms with Gasteiger partial charge in [-0.1, -0.05) is 11.6 Å². The fourth-order valence-corrected chi connectivity index (χ4v) is 4.45. The number of piperidine rings is 1. The fourth-order valence-electron chi connectivity index (χ4n) is 4.45. The molecule has 140 valence electrons. The van der Waals surface area contributed by atoms with Gasteiger partial charge in [0, 0.05) is 32.1 Å². The van der Waals surface area contributed by atoms with Crippen molar-refractivity contribution in [3.8, 4) is 5.75 Å². The van der Waals surface area contributed by atoms with Crippen LogP contribution in [0.2, 0.25) is 0 Å². The van der Waals surface area contributed by atoms with Crippen LogP contribution in [0, 0.1) is 0 Å². The van der Waals surface area contributed by atoms with E-state index in [0.29, 0.717) is 19.6 Å². The molecule has 0 saturated carbocycles. The fraction of sp³-hybridized carbons (Fsp3) is 0.619. The van der Waals surface area contributed by atoms with Gasteiger partial charge >= 0.3 is 0 Å². The quantitative estimate of drug-likeness (QED) is 0.775. The first-order valence-electron chi connectivity index (χ1n) is 9.89. The molecular formula is C21H28N2O3. The summed E-state index contributed by atoms with van der Waals surface area (Å²) in [7, 11) is 0. The van der Waals surface area contributed by atoms with Gasteiger partial charge in [-0.25, -0.2) is 0 Å². The molecule has 2 atom stereocenters. The van der Waals surface area contributed by atoms with Gasteiger partial charge in [0.1, 0.15) is 11.9 Å². The lowest BCUT2D eigenvalue weighted by Crippen LogP contribution is -2.50. The molecule has 0 bridgehead atoms. The molecule has 1 amide bonds. The Kier molecular flexibility index (Phi) is 5.25. The average molecular weight is 356 g/mol.